The first-order valence-corrected chi connectivity index (χ1v) is 6.87. The molecular weight excluding hydrogens is 268 g/mol. The number of nitrogens with zero attached hydrogens (tertiary/aromatic N) is 1. The van der Waals surface area contributed by atoms with E-state index in [9.17, 15) is 10.1 Å². The van der Waals surface area contributed by atoms with Gasteiger partial charge >= 0.3 is 0 Å². The summed E-state index contributed by atoms with van der Waals surface area (Å²) >= 11 is 0. The molecular formula is C16H18N2O3. The predicted molar refractivity (Wildman–Crippen MR) is 83.1 cm³/mol. The molecule has 0 aliphatic heterocycles. The molecule has 21 heavy (non-hydrogen) atoms. The van der Waals surface area contributed by atoms with Crippen LogP contribution < -0.4 is 10.1 Å². The SMILES string of the molecule is CCCNc1cc(Oc2ccccc2C)cc([N+](=O)[O-])c1. The van der Waals surface area contributed by atoms with E-state index in [0.717, 1.165) is 18.5 Å². The van der Waals surface area contributed by atoms with E-state index in [1.54, 1.807) is 6.07 Å². The average Bonchev–Trinajstić information content (AvgIpc) is 2.47. The van der Waals surface area contributed by atoms with Gasteiger partial charge in [0, 0.05) is 24.4 Å². The number of nitrogens with one attached hydrogen (secondary N) is 1. The molecule has 110 valence electrons. The summed E-state index contributed by atoms with van der Waals surface area (Å²) in [5.41, 5.74) is 1.68. The standard InChI is InChI=1S/C16H18N2O3/c1-3-8-17-13-9-14(18(19)20)11-15(10-13)21-16-7-5-4-6-12(16)2/h4-7,9-11,17H,3,8H2,1-2H3. The van der Waals surface area contributed by atoms with Gasteiger partial charge in [0.15, 0.2) is 0 Å². The van der Waals surface area contributed by atoms with Gasteiger partial charge in [0.25, 0.3) is 5.69 Å². The van der Waals surface area contributed by atoms with Gasteiger partial charge in [0.1, 0.15) is 11.5 Å². The van der Waals surface area contributed by atoms with Crippen molar-refractivity contribution in [2.24, 2.45) is 0 Å². The summed E-state index contributed by atoms with van der Waals surface area (Å²) in [5, 5.41) is 14.2. The summed E-state index contributed by atoms with van der Waals surface area (Å²) in [6.45, 7) is 4.73. The number of nitro groups is 1. The third-order valence-electron chi connectivity index (χ3n) is 3.00. The Morgan fingerprint density at radius 1 is 1.24 bits per heavy atom. The van der Waals surface area contributed by atoms with Crippen molar-refractivity contribution < 1.29 is 9.66 Å². The average molecular weight is 286 g/mol. The molecule has 5 heteroatoms. The third kappa shape index (κ3) is 3.95. The summed E-state index contributed by atoms with van der Waals surface area (Å²) < 4.78 is 5.78. The van der Waals surface area contributed by atoms with Gasteiger partial charge in [-0.05, 0) is 25.0 Å². The van der Waals surface area contributed by atoms with Gasteiger partial charge in [0.05, 0.1) is 11.0 Å². The Kier molecular flexibility index (Phi) is 4.77. The summed E-state index contributed by atoms with van der Waals surface area (Å²) in [7, 11) is 0. The van der Waals surface area contributed by atoms with Crippen molar-refractivity contribution in [1.29, 1.82) is 0 Å². The number of non-ortho nitro benzene ring substituents is 1. The highest BCUT2D eigenvalue weighted by molar-refractivity contribution is 5.57. The Morgan fingerprint density at radius 3 is 2.67 bits per heavy atom. The van der Waals surface area contributed by atoms with Gasteiger partial charge in [-0.25, -0.2) is 0 Å². The monoisotopic (exact) mass is 286 g/mol. The zero-order valence-electron chi connectivity index (χ0n) is 12.1. The molecule has 0 saturated carbocycles. The first kappa shape index (κ1) is 14.8. The minimum Gasteiger partial charge on any atom is -0.457 e. The van der Waals surface area contributed by atoms with E-state index in [1.807, 2.05) is 38.1 Å². The van der Waals surface area contributed by atoms with Crippen molar-refractivity contribution in [2.45, 2.75) is 20.3 Å². The molecule has 0 radical (unpaired) electrons. The lowest BCUT2D eigenvalue weighted by Crippen LogP contribution is -2.01. The molecule has 0 aliphatic rings. The largest absolute Gasteiger partial charge is 0.457 e. The topological polar surface area (TPSA) is 64.4 Å². The molecule has 2 aromatic rings. The second kappa shape index (κ2) is 6.74. The van der Waals surface area contributed by atoms with Crippen molar-refractivity contribution >= 4 is 11.4 Å². The minimum absolute atomic E-state index is 0.0136. The van der Waals surface area contributed by atoms with E-state index in [2.05, 4.69) is 5.32 Å². The molecule has 0 aromatic heterocycles. The van der Waals surface area contributed by atoms with E-state index < -0.39 is 4.92 Å². The van der Waals surface area contributed by atoms with E-state index >= 15 is 0 Å². The van der Waals surface area contributed by atoms with Crippen LogP contribution in [-0.2, 0) is 0 Å². The van der Waals surface area contributed by atoms with Crippen molar-refractivity contribution in [1.82, 2.24) is 0 Å². The first-order chi connectivity index (χ1) is 10.1. The van der Waals surface area contributed by atoms with Crippen molar-refractivity contribution in [3.63, 3.8) is 0 Å². The van der Waals surface area contributed by atoms with E-state index in [4.69, 9.17) is 4.74 Å². The van der Waals surface area contributed by atoms with Crippen LogP contribution in [0.15, 0.2) is 42.5 Å². The number of rotatable bonds is 6. The molecule has 2 rings (SSSR count). The molecule has 1 N–H and O–H groups in total. The third-order valence-corrected chi connectivity index (χ3v) is 3.00. The number of aryl methyl sites for hydroxylation is 1. The van der Waals surface area contributed by atoms with Crippen molar-refractivity contribution in [2.75, 3.05) is 11.9 Å². The number of hydrogen-bond acceptors (Lipinski definition) is 4. The fourth-order valence-electron chi connectivity index (χ4n) is 1.92. The highest BCUT2D eigenvalue weighted by Crippen LogP contribution is 2.31. The zero-order valence-corrected chi connectivity index (χ0v) is 12.1. The van der Waals surface area contributed by atoms with E-state index in [1.165, 1.54) is 12.1 Å². The van der Waals surface area contributed by atoms with Gasteiger partial charge in [-0.3, -0.25) is 10.1 Å². The summed E-state index contributed by atoms with van der Waals surface area (Å²) in [4.78, 5) is 10.6. The molecule has 0 spiro atoms. The molecule has 0 saturated heterocycles. The van der Waals surface area contributed by atoms with Gasteiger partial charge in [-0.15, -0.1) is 0 Å². The van der Waals surface area contributed by atoms with Gasteiger partial charge in [-0.1, -0.05) is 25.1 Å². The molecule has 5 nitrogen and oxygen atoms in total. The normalized spacial score (nSPS) is 10.2. The van der Waals surface area contributed by atoms with E-state index in [-0.39, 0.29) is 5.69 Å². The van der Waals surface area contributed by atoms with E-state index in [0.29, 0.717) is 17.2 Å². The van der Waals surface area contributed by atoms with Gasteiger partial charge < -0.3 is 10.1 Å². The number of para-hydroxylation sites is 1. The van der Waals surface area contributed by atoms with Crippen LogP contribution in [0.3, 0.4) is 0 Å². The number of anilines is 1. The van der Waals surface area contributed by atoms with Crippen molar-refractivity contribution in [3.8, 4) is 11.5 Å². The number of benzene rings is 2. The van der Waals surface area contributed by atoms with Crippen molar-refractivity contribution in [3.05, 3.63) is 58.1 Å². The molecule has 0 atom stereocenters. The van der Waals surface area contributed by atoms with Crippen LogP contribution in [0, 0.1) is 17.0 Å². The zero-order chi connectivity index (χ0) is 15.2. The molecule has 0 bridgehead atoms. The number of hydrogen-bond donors (Lipinski definition) is 1. The summed E-state index contributed by atoms with van der Waals surface area (Å²) in [6, 6.07) is 12.3. The smallest absolute Gasteiger partial charge is 0.275 e. The Hall–Kier alpha value is -2.56. The number of nitro benzene ring substituents is 1. The van der Waals surface area contributed by atoms with Gasteiger partial charge in [0.2, 0.25) is 0 Å². The van der Waals surface area contributed by atoms with Gasteiger partial charge in [-0.2, -0.15) is 0 Å². The first-order valence-electron chi connectivity index (χ1n) is 6.87. The minimum atomic E-state index is -0.415. The maximum absolute atomic E-state index is 11.0. The molecule has 0 heterocycles. The highest BCUT2D eigenvalue weighted by Gasteiger charge is 2.11. The Morgan fingerprint density at radius 2 is 2.00 bits per heavy atom. The Labute approximate surface area is 123 Å². The fourth-order valence-corrected chi connectivity index (χ4v) is 1.92. The Bertz CT molecular complexity index is 641. The maximum Gasteiger partial charge on any atom is 0.275 e. The Balaban J connectivity index is 2.31. The lowest BCUT2D eigenvalue weighted by molar-refractivity contribution is -0.384. The van der Waals surface area contributed by atoms with Crippen LogP contribution in [-0.4, -0.2) is 11.5 Å². The highest BCUT2D eigenvalue weighted by atomic mass is 16.6. The quantitative estimate of drug-likeness (QED) is 0.626. The summed E-state index contributed by atoms with van der Waals surface area (Å²) in [6.07, 6.45) is 0.941. The maximum atomic E-state index is 11.0. The molecule has 0 unspecified atom stereocenters. The molecule has 0 aliphatic carbocycles. The second-order valence-corrected chi connectivity index (χ2v) is 4.77. The lowest BCUT2D eigenvalue weighted by atomic mass is 10.2. The van der Waals surface area contributed by atoms with Crippen LogP contribution >= 0.6 is 0 Å². The molecule has 0 amide bonds. The fraction of sp³-hybridized carbons (Fsp3) is 0.250. The van der Waals surface area contributed by atoms with Crippen LogP contribution in [0.25, 0.3) is 0 Å². The summed E-state index contributed by atoms with van der Waals surface area (Å²) in [5.74, 6) is 1.15. The second-order valence-electron chi connectivity index (χ2n) is 4.77. The predicted octanol–water partition coefficient (Wildman–Crippen LogP) is 4.52. The number of ether oxygens (including phenoxy) is 1. The van der Waals surface area contributed by atoms with Crippen LogP contribution in [0.4, 0.5) is 11.4 Å². The lowest BCUT2D eigenvalue weighted by Gasteiger charge is -2.11. The molecule has 2 aromatic carbocycles. The molecule has 0 fully saturated rings. The van der Waals surface area contributed by atoms with Crippen LogP contribution in [0.1, 0.15) is 18.9 Å². The van der Waals surface area contributed by atoms with Crippen LogP contribution in [0.2, 0.25) is 0 Å². The van der Waals surface area contributed by atoms with Crippen LogP contribution in [0.5, 0.6) is 11.5 Å².